The number of benzene rings is 2. The number of nitrogens with zero attached hydrogens (tertiary/aromatic N) is 2. The van der Waals surface area contributed by atoms with Gasteiger partial charge >= 0.3 is 0 Å². The molecule has 1 aliphatic heterocycles. The van der Waals surface area contributed by atoms with E-state index in [0.29, 0.717) is 11.7 Å². The highest BCUT2D eigenvalue weighted by Crippen LogP contribution is 2.28. The summed E-state index contributed by atoms with van der Waals surface area (Å²) in [6, 6.07) is 19.5. The van der Waals surface area contributed by atoms with E-state index >= 15 is 0 Å². The zero-order chi connectivity index (χ0) is 21.6. The third kappa shape index (κ3) is 4.89. The van der Waals surface area contributed by atoms with Gasteiger partial charge in [-0.2, -0.15) is 0 Å². The van der Waals surface area contributed by atoms with E-state index in [1.54, 1.807) is 6.20 Å². The molecule has 0 unspecified atom stereocenters. The van der Waals surface area contributed by atoms with Crippen LogP contribution in [0.15, 0.2) is 73.4 Å². The molecule has 4 rings (SSSR count). The third-order valence-electron chi connectivity index (χ3n) is 5.88. The smallest absolute Gasteiger partial charge is 0.126 e. The molecule has 0 amide bonds. The Morgan fingerprint density at radius 2 is 1.84 bits per heavy atom. The molecule has 3 aromatic rings. The van der Waals surface area contributed by atoms with Crippen molar-refractivity contribution in [3.63, 3.8) is 0 Å². The van der Waals surface area contributed by atoms with Crippen LogP contribution in [0.1, 0.15) is 37.3 Å². The zero-order valence-electron chi connectivity index (χ0n) is 18.0. The van der Waals surface area contributed by atoms with Crippen molar-refractivity contribution in [3.8, 4) is 0 Å². The number of aromatic nitrogens is 1. The number of piperidine rings is 1. The van der Waals surface area contributed by atoms with E-state index in [9.17, 15) is 0 Å². The second-order valence-corrected chi connectivity index (χ2v) is 7.99. The van der Waals surface area contributed by atoms with E-state index < -0.39 is 0 Å². The standard InChI is InChI=1S/C26H30N4O/c1-3-6-25(22-10-9-20-7-4-5-8-21(20)17-22)30-15-13-24(14-16-30)28-26-12-11-23(18-27-26)19(2)29-31/h4-12,17-18,24,29,31H,2-3,13-16H2,1H3,(H,27,28). The summed E-state index contributed by atoms with van der Waals surface area (Å²) in [6.07, 6.45) is 7.20. The molecule has 1 aliphatic rings. The van der Waals surface area contributed by atoms with Gasteiger partial charge in [-0.15, -0.1) is 0 Å². The number of likely N-dealkylation sites (tertiary alicyclic amines) is 1. The zero-order valence-corrected chi connectivity index (χ0v) is 18.0. The van der Waals surface area contributed by atoms with E-state index in [1.807, 2.05) is 12.1 Å². The first-order chi connectivity index (χ1) is 15.2. The Kier molecular flexibility index (Phi) is 6.53. The number of nitrogens with one attached hydrogen (secondary N) is 2. The average Bonchev–Trinajstić information content (AvgIpc) is 2.83. The van der Waals surface area contributed by atoms with Crippen LogP contribution in [0.3, 0.4) is 0 Å². The monoisotopic (exact) mass is 414 g/mol. The van der Waals surface area contributed by atoms with Gasteiger partial charge in [0.25, 0.3) is 0 Å². The number of fused-ring (bicyclic) bond motifs is 1. The van der Waals surface area contributed by atoms with Crippen molar-refractivity contribution < 1.29 is 5.21 Å². The van der Waals surface area contributed by atoms with E-state index in [1.165, 1.54) is 22.0 Å². The van der Waals surface area contributed by atoms with Crippen molar-refractivity contribution in [2.24, 2.45) is 0 Å². The summed E-state index contributed by atoms with van der Waals surface area (Å²) >= 11 is 0. The molecule has 0 radical (unpaired) electrons. The molecule has 1 saturated heterocycles. The first-order valence-corrected chi connectivity index (χ1v) is 10.9. The predicted molar refractivity (Wildman–Crippen MR) is 129 cm³/mol. The molecular formula is C26H30N4O. The number of rotatable bonds is 7. The van der Waals surface area contributed by atoms with Crippen molar-refractivity contribution in [1.82, 2.24) is 15.4 Å². The summed E-state index contributed by atoms with van der Waals surface area (Å²) in [6.45, 7) is 7.97. The highest BCUT2D eigenvalue weighted by molar-refractivity contribution is 5.86. The maximum Gasteiger partial charge on any atom is 0.126 e. The first-order valence-electron chi connectivity index (χ1n) is 10.9. The van der Waals surface area contributed by atoms with Crippen LogP contribution in [-0.2, 0) is 0 Å². The summed E-state index contributed by atoms with van der Waals surface area (Å²) in [5, 5.41) is 15.1. The first kappa shape index (κ1) is 20.9. The molecule has 0 atom stereocenters. The number of pyridine rings is 1. The molecule has 0 spiro atoms. The normalized spacial score (nSPS) is 15.2. The molecule has 5 heteroatoms. The number of hydrogen-bond donors (Lipinski definition) is 3. The summed E-state index contributed by atoms with van der Waals surface area (Å²) in [7, 11) is 0. The molecule has 2 heterocycles. The fourth-order valence-corrected chi connectivity index (χ4v) is 4.17. The minimum atomic E-state index is 0.397. The van der Waals surface area contributed by atoms with Crippen LogP contribution in [0.4, 0.5) is 5.82 Å². The van der Waals surface area contributed by atoms with Gasteiger partial charge < -0.3 is 10.2 Å². The fraction of sp³-hybridized carbons (Fsp3) is 0.269. The third-order valence-corrected chi connectivity index (χ3v) is 5.88. The Morgan fingerprint density at radius 3 is 2.52 bits per heavy atom. The number of hydrogen-bond acceptors (Lipinski definition) is 5. The van der Waals surface area contributed by atoms with Crippen molar-refractivity contribution in [1.29, 1.82) is 0 Å². The van der Waals surface area contributed by atoms with Gasteiger partial charge in [0.2, 0.25) is 0 Å². The van der Waals surface area contributed by atoms with E-state index in [2.05, 4.69) is 82.7 Å². The lowest BCUT2D eigenvalue weighted by Crippen LogP contribution is -2.38. The summed E-state index contributed by atoms with van der Waals surface area (Å²) in [5.41, 5.74) is 5.91. The highest BCUT2D eigenvalue weighted by Gasteiger charge is 2.21. The van der Waals surface area contributed by atoms with Gasteiger partial charge in [-0.1, -0.05) is 56.0 Å². The van der Waals surface area contributed by atoms with Gasteiger partial charge in [-0.05, 0) is 53.8 Å². The lowest BCUT2D eigenvalue weighted by molar-refractivity contribution is 0.225. The minimum absolute atomic E-state index is 0.397. The van der Waals surface area contributed by atoms with Gasteiger partial charge in [0.05, 0.1) is 5.70 Å². The molecule has 0 aliphatic carbocycles. The van der Waals surface area contributed by atoms with Crippen LogP contribution >= 0.6 is 0 Å². The highest BCUT2D eigenvalue weighted by atomic mass is 16.5. The number of allylic oxidation sites excluding steroid dienone is 1. The molecule has 3 N–H and O–H groups in total. The number of hydroxylamine groups is 1. The maximum atomic E-state index is 8.96. The average molecular weight is 415 g/mol. The van der Waals surface area contributed by atoms with Crippen LogP contribution < -0.4 is 10.8 Å². The summed E-state index contributed by atoms with van der Waals surface area (Å²) < 4.78 is 0. The second kappa shape index (κ2) is 9.67. The minimum Gasteiger partial charge on any atom is -0.371 e. The lowest BCUT2D eigenvalue weighted by atomic mass is 10.00. The van der Waals surface area contributed by atoms with Crippen molar-refractivity contribution in [2.45, 2.75) is 32.2 Å². The molecule has 2 aromatic carbocycles. The molecule has 31 heavy (non-hydrogen) atoms. The Labute approximate surface area is 184 Å². The molecule has 1 fully saturated rings. The molecular weight excluding hydrogens is 384 g/mol. The van der Waals surface area contributed by atoms with Crippen molar-refractivity contribution in [3.05, 3.63) is 84.6 Å². The Hall–Kier alpha value is -3.31. The number of anilines is 1. The van der Waals surface area contributed by atoms with Crippen LogP contribution in [0.2, 0.25) is 0 Å². The van der Waals surface area contributed by atoms with Gasteiger partial charge in [0.1, 0.15) is 5.82 Å². The van der Waals surface area contributed by atoms with Crippen molar-refractivity contribution in [2.75, 3.05) is 18.4 Å². The molecule has 5 nitrogen and oxygen atoms in total. The van der Waals surface area contributed by atoms with Crippen LogP contribution in [0.5, 0.6) is 0 Å². The lowest BCUT2D eigenvalue weighted by Gasteiger charge is -2.36. The van der Waals surface area contributed by atoms with Gasteiger partial charge in [-0.25, -0.2) is 4.98 Å². The predicted octanol–water partition coefficient (Wildman–Crippen LogP) is 5.51. The van der Waals surface area contributed by atoms with Crippen LogP contribution in [0.25, 0.3) is 22.2 Å². The topological polar surface area (TPSA) is 60.4 Å². The SMILES string of the molecule is C=C(NO)c1ccc(NC2CCN(C(=CCC)c3ccc4ccccc4c3)CC2)nc1. The largest absolute Gasteiger partial charge is 0.371 e. The molecule has 0 bridgehead atoms. The van der Waals surface area contributed by atoms with Gasteiger partial charge in [0.15, 0.2) is 0 Å². The Bertz CT molecular complexity index is 1070. The summed E-state index contributed by atoms with van der Waals surface area (Å²) in [5.74, 6) is 0.854. The quantitative estimate of drug-likeness (QED) is 0.445. The summed E-state index contributed by atoms with van der Waals surface area (Å²) in [4.78, 5) is 6.97. The molecule has 160 valence electrons. The van der Waals surface area contributed by atoms with Gasteiger partial charge in [0, 0.05) is 36.6 Å². The Balaban J connectivity index is 1.41. The van der Waals surface area contributed by atoms with E-state index in [4.69, 9.17) is 5.21 Å². The Morgan fingerprint density at radius 1 is 1.10 bits per heavy atom. The van der Waals surface area contributed by atoms with E-state index in [0.717, 1.165) is 43.7 Å². The van der Waals surface area contributed by atoms with E-state index in [-0.39, 0.29) is 0 Å². The van der Waals surface area contributed by atoms with Gasteiger partial charge in [-0.3, -0.25) is 10.7 Å². The maximum absolute atomic E-state index is 8.96. The van der Waals surface area contributed by atoms with Crippen LogP contribution in [0, 0.1) is 0 Å². The molecule has 0 saturated carbocycles. The van der Waals surface area contributed by atoms with Crippen molar-refractivity contribution >= 4 is 28.0 Å². The fourth-order valence-electron chi connectivity index (χ4n) is 4.17. The molecule has 1 aromatic heterocycles. The van der Waals surface area contributed by atoms with Crippen LogP contribution in [-0.4, -0.2) is 34.2 Å². The second-order valence-electron chi connectivity index (χ2n) is 7.99.